The van der Waals surface area contributed by atoms with Gasteiger partial charge in [0.2, 0.25) is 5.91 Å². The van der Waals surface area contributed by atoms with Gasteiger partial charge < -0.3 is 10.2 Å². The van der Waals surface area contributed by atoms with Gasteiger partial charge in [0.1, 0.15) is 10.7 Å². The summed E-state index contributed by atoms with van der Waals surface area (Å²) in [4.78, 5) is 31.5. The Morgan fingerprint density at radius 2 is 2.21 bits per heavy atom. The van der Waals surface area contributed by atoms with E-state index in [0.29, 0.717) is 18.7 Å². The number of carbonyl (C=O) groups excluding carboxylic acids is 2. The summed E-state index contributed by atoms with van der Waals surface area (Å²) in [5.41, 5.74) is 0.467. The lowest BCUT2D eigenvalue weighted by molar-refractivity contribution is -0.130. The number of amides is 2. The van der Waals surface area contributed by atoms with E-state index in [1.807, 2.05) is 22.4 Å². The molecule has 1 saturated heterocycles. The molecular formula is C17H21N3O2S2. The summed E-state index contributed by atoms with van der Waals surface area (Å²) in [6, 6.07) is 3.98. The molecule has 2 amide bonds. The first kappa shape index (κ1) is 17.1. The lowest BCUT2D eigenvalue weighted by Crippen LogP contribution is -2.34. The van der Waals surface area contributed by atoms with Crippen molar-refractivity contribution >= 4 is 34.5 Å². The Morgan fingerprint density at radius 3 is 3.04 bits per heavy atom. The van der Waals surface area contributed by atoms with Crippen molar-refractivity contribution in [1.29, 1.82) is 0 Å². The minimum Gasteiger partial charge on any atom is -0.351 e. The molecule has 0 aromatic carbocycles. The average Bonchev–Trinajstić information content (AvgIpc) is 3.23. The third-order valence-corrected chi connectivity index (χ3v) is 5.91. The van der Waals surface area contributed by atoms with E-state index in [1.165, 1.54) is 11.3 Å². The molecule has 1 fully saturated rings. The van der Waals surface area contributed by atoms with E-state index in [2.05, 4.69) is 10.3 Å². The number of thiophene rings is 1. The lowest BCUT2D eigenvalue weighted by Gasteiger charge is -2.20. The van der Waals surface area contributed by atoms with Gasteiger partial charge in [0.15, 0.2) is 0 Å². The highest BCUT2D eigenvalue weighted by Gasteiger charge is 2.16. The molecule has 0 saturated carbocycles. The molecule has 2 aromatic heterocycles. The number of nitrogens with one attached hydrogen (secondary N) is 1. The Balaban J connectivity index is 1.43. The third kappa shape index (κ3) is 4.42. The molecule has 0 unspecified atom stereocenters. The largest absolute Gasteiger partial charge is 0.351 e. The SMILES string of the molecule is O=C(NCCCN1CCCCCC1=O)c1csc(-c2cccs2)n1. The van der Waals surface area contributed by atoms with Crippen molar-refractivity contribution < 1.29 is 9.59 Å². The molecule has 5 nitrogen and oxygen atoms in total. The highest BCUT2D eigenvalue weighted by atomic mass is 32.1. The number of aromatic nitrogens is 1. The Morgan fingerprint density at radius 1 is 1.29 bits per heavy atom. The van der Waals surface area contributed by atoms with Crippen LogP contribution in [-0.4, -0.2) is 41.3 Å². The number of carbonyl (C=O) groups is 2. The zero-order chi connectivity index (χ0) is 16.8. The fourth-order valence-corrected chi connectivity index (χ4v) is 4.34. The van der Waals surface area contributed by atoms with Crippen LogP contribution < -0.4 is 5.32 Å². The summed E-state index contributed by atoms with van der Waals surface area (Å²) in [5.74, 6) is 0.107. The maximum Gasteiger partial charge on any atom is 0.270 e. The number of hydrogen-bond donors (Lipinski definition) is 1. The zero-order valence-corrected chi connectivity index (χ0v) is 15.1. The van der Waals surface area contributed by atoms with Crippen LogP contribution in [0.5, 0.6) is 0 Å². The molecule has 1 aliphatic rings. The number of likely N-dealkylation sites (tertiary alicyclic amines) is 1. The smallest absolute Gasteiger partial charge is 0.270 e. The van der Waals surface area contributed by atoms with Crippen LogP contribution in [0.15, 0.2) is 22.9 Å². The van der Waals surface area contributed by atoms with E-state index in [0.717, 1.165) is 48.7 Å². The second kappa shape index (κ2) is 8.39. The van der Waals surface area contributed by atoms with Gasteiger partial charge in [-0.25, -0.2) is 4.98 Å². The topological polar surface area (TPSA) is 62.3 Å². The Kier molecular flexibility index (Phi) is 5.98. The predicted octanol–water partition coefficient (Wildman–Crippen LogP) is 3.39. The molecule has 24 heavy (non-hydrogen) atoms. The van der Waals surface area contributed by atoms with Gasteiger partial charge in [-0.3, -0.25) is 9.59 Å². The van der Waals surface area contributed by atoms with E-state index in [1.54, 1.807) is 16.7 Å². The first-order chi connectivity index (χ1) is 11.7. The molecule has 2 aromatic rings. The van der Waals surface area contributed by atoms with Crippen molar-refractivity contribution in [3.8, 4) is 9.88 Å². The predicted molar refractivity (Wildman–Crippen MR) is 97.4 cm³/mol. The van der Waals surface area contributed by atoms with Gasteiger partial charge in [-0.1, -0.05) is 12.5 Å². The van der Waals surface area contributed by atoms with Crippen molar-refractivity contribution in [3.63, 3.8) is 0 Å². The maximum absolute atomic E-state index is 12.2. The molecule has 3 heterocycles. The molecule has 0 spiro atoms. The molecule has 128 valence electrons. The van der Waals surface area contributed by atoms with Crippen molar-refractivity contribution in [2.24, 2.45) is 0 Å². The fourth-order valence-electron chi connectivity index (χ4n) is 2.73. The van der Waals surface area contributed by atoms with Crippen LogP contribution in [0.2, 0.25) is 0 Å². The standard InChI is InChI=1S/C17H21N3O2S2/c21-15-7-2-1-3-9-20(15)10-5-8-18-16(22)13-12-24-17(19-13)14-6-4-11-23-14/h4,6,11-12H,1-3,5,7-10H2,(H,18,22). The molecule has 0 radical (unpaired) electrons. The Hall–Kier alpha value is -1.73. The second-order valence-electron chi connectivity index (χ2n) is 5.82. The summed E-state index contributed by atoms with van der Waals surface area (Å²) < 4.78 is 0. The van der Waals surface area contributed by atoms with Crippen molar-refractivity contribution in [1.82, 2.24) is 15.2 Å². The Labute approximate surface area is 149 Å². The highest BCUT2D eigenvalue weighted by molar-refractivity contribution is 7.20. The molecule has 3 rings (SSSR count). The van der Waals surface area contributed by atoms with Crippen LogP contribution in [0.1, 0.15) is 42.6 Å². The van der Waals surface area contributed by atoms with Gasteiger partial charge in [-0.05, 0) is 30.7 Å². The maximum atomic E-state index is 12.2. The van der Waals surface area contributed by atoms with E-state index >= 15 is 0 Å². The number of rotatable bonds is 6. The van der Waals surface area contributed by atoms with Crippen LogP contribution in [0, 0.1) is 0 Å². The average molecular weight is 364 g/mol. The van der Waals surface area contributed by atoms with Crippen LogP contribution in [0.4, 0.5) is 0 Å². The summed E-state index contributed by atoms with van der Waals surface area (Å²) in [5, 5.41) is 7.57. The number of hydrogen-bond acceptors (Lipinski definition) is 5. The van der Waals surface area contributed by atoms with Crippen molar-refractivity contribution in [2.45, 2.75) is 32.1 Å². The number of nitrogens with zero attached hydrogens (tertiary/aromatic N) is 2. The second-order valence-corrected chi connectivity index (χ2v) is 7.62. The molecule has 1 aliphatic heterocycles. The van der Waals surface area contributed by atoms with Gasteiger partial charge >= 0.3 is 0 Å². The third-order valence-electron chi connectivity index (χ3n) is 4.03. The fraction of sp³-hybridized carbons (Fsp3) is 0.471. The van der Waals surface area contributed by atoms with E-state index < -0.39 is 0 Å². The number of thiazole rings is 1. The Bertz CT molecular complexity index is 682. The van der Waals surface area contributed by atoms with Crippen LogP contribution >= 0.6 is 22.7 Å². The summed E-state index contributed by atoms with van der Waals surface area (Å²) in [6.45, 7) is 2.13. The molecule has 0 aliphatic carbocycles. The van der Waals surface area contributed by atoms with Crippen LogP contribution in [0.25, 0.3) is 9.88 Å². The summed E-state index contributed by atoms with van der Waals surface area (Å²) in [7, 11) is 0. The molecule has 0 bridgehead atoms. The quantitative estimate of drug-likeness (QED) is 0.800. The summed E-state index contributed by atoms with van der Waals surface area (Å²) >= 11 is 3.10. The first-order valence-corrected chi connectivity index (χ1v) is 10.1. The van der Waals surface area contributed by atoms with E-state index in [-0.39, 0.29) is 11.8 Å². The van der Waals surface area contributed by atoms with Gasteiger partial charge in [0.05, 0.1) is 4.88 Å². The molecule has 7 heteroatoms. The van der Waals surface area contributed by atoms with Gasteiger partial charge in [0.25, 0.3) is 5.91 Å². The minimum absolute atomic E-state index is 0.142. The highest BCUT2D eigenvalue weighted by Crippen LogP contribution is 2.27. The van der Waals surface area contributed by atoms with Crippen LogP contribution in [0.3, 0.4) is 0 Å². The monoisotopic (exact) mass is 363 g/mol. The lowest BCUT2D eigenvalue weighted by atomic mass is 10.2. The zero-order valence-electron chi connectivity index (χ0n) is 13.5. The minimum atomic E-state index is -0.142. The van der Waals surface area contributed by atoms with E-state index in [9.17, 15) is 9.59 Å². The van der Waals surface area contributed by atoms with E-state index in [4.69, 9.17) is 0 Å². The van der Waals surface area contributed by atoms with Crippen LogP contribution in [-0.2, 0) is 4.79 Å². The van der Waals surface area contributed by atoms with Gasteiger partial charge in [-0.15, -0.1) is 22.7 Å². The van der Waals surface area contributed by atoms with Crippen molar-refractivity contribution in [3.05, 3.63) is 28.6 Å². The normalized spacial score (nSPS) is 15.3. The van der Waals surface area contributed by atoms with Gasteiger partial charge in [-0.2, -0.15) is 0 Å². The molecule has 0 atom stereocenters. The molecule has 1 N–H and O–H groups in total. The molecular weight excluding hydrogens is 342 g/mol. The first-order valence-electron chi connectivity index (χ1n) is 8.29. The van der Waals surface area contributed by atoms with Crippen molar-refractivity contribution in [2.75, 3.05) is 19.6 Å². The summed E-state index contributed by atoms with van der Waals surface area (Å²) in [6.07, 6.45) is 4.66. The van der Waals surface area contributed by atoms with Gasteiger partial charge in [0, 0.05) is 31.4 Å².